The number of alkyl halides is 1. The fraction of sp³-hybridized carbons (Fsp3) is 0.838. The van der Waals surface area contributed by atoms with E-state index in [2.05, 4.69) is 21.3 Å². The highest BCUT2D eigenvalue weighted by Gasteiger charge is 2.44. The molecule has 0 bridgehead atoms. The Morgan fingerprint density at radius 2 is 1.00 bits per heavy atom. The molecule has 4 aliphatic rings. The van der Waals surface area contributed by atoms with Gasteiger partial charge in [0.05, 0.1) is 25.6 Å². The molecule has 2 saturated carbocycles. The second-order valence-electron chi connectivity index (χ2n) is 31.2. The normalized spacial score (nSPS) is 27.8. The Bertz CT molecular complexity index is 2740. The van der Waals surface area contributed by atoms with Gasteiger partial charge in [0.1, 0.15) is 54.4 Å². The van der Waals surface area contributed by atoms with E-state index in [1.54, 1.807) is 25.7 Å². The predicted octanol–water partition coefficient (Wildman–Crippen LogP) is 5.06. The number of nitrogens with zero attached hydrogens (tertiary/aromatic N) is 8. The Balaban J connectivity index is 1.95. The van der Waals surface area contributed by atoms with Crippen molar-refractivity contribution in [3.63, 3.8) is 0 Å². The number of nitrogens with one attached hydrogen (secondary N) is 4. The minimum Gasteiger partial charge on any atom is -0.396 e. The van der Waals surface area contributed by atoms with Gasteiger partial charge in [-0.1, -0.05) is 107 Å². The Kier molecular flexibility index (Phi) is 36.8. The number of halogens is 1. The zero-order valence-electron chi connectivity index (χ0n) is 64.1. The van der Waals surface area contributed by atoms with Crippen molar-refractivity contribution >= 4 is 82.5 Å². The maximum Gasteiger partial charge on any atom is 0.248 e. The largest absolute Gasteiger partial charge is 0.396 e. The van der Waals surface area contributed by atoms with Gasteiger partial charge < -0.3 is 70.7 Å². The van der Waals surface area contributed by atoms with Crippen molar-refractivity contribution in [2.75, 3.05) is 81.6 Å². The minimum absolute atomic E-state index is 0.00965. The number of likely N-dealkylation sites (tertiary alicyclic amines) is 1. The van der Waals surface area contributed by atoms with Gasteiger partial charge >= 0.3 is 0 Å². The molecule has 0 aromatic carbocycles. The van der Waals surface area contributed by atoms with Gasteiger partial charge in [0.2, 0.25) is 70.9 Å². The van der Waals surface area contributed by atoms with Crippen LogP contribution in [-0.4, -0.2) is 268 Å². The number of aliphatic hydroxyl groups excluding tert-OH is 2. The third-order valence-corrected chi connectivity index (χ3v) is 21.4. The van der Waals surface area contributed by atoms with Crippen LogP contribution in [0.4, 0.5) is 0 Å². The fourth-order valence-electron chi connectivity index (χ4n) is 14.7. The first-order valence-electron chi connectivity index (χ1n) is 37.8. The predicted molar refractivity (Wildman–Crippen MR) is 388 cm³/mol. The molecule has 0 aromatic rings. The average Bonchev–Trinajstić information content (AvgIpc) is 0.822. The number of aliphatic hydroxyl groups is 2. The molecule has 0 aromatic heterocycles. The molecule has 0 radical (unpaired) electrons. The van der Waals surface area contributed by atoms with Crippen LogP contribution < -0.4 is 21.3 Å². The summed E-state index contributed by atoms with van der Waals surface area (Å²) in [6.07, 6.45) is 9.95. The number of carbonyl (C=O) groups is 12. The molecule has 2 heterocycles. The zero-order chi connectivity index (χ0) is 75.7. The van der Waals surface area contributed by atoms with Gasteiger partial charge in [0, 0.05) is 73.9 Å². The second-order valence-corrected chi connectivity index (χ2v) is 31.8. The third-order valence-electron chi connectivity index (χ3n) is 21.0. The van der Waals surface area contributed by atoms with Gasteiger partial charge in [-0.3, -0.25) is 57.5 Å². The van der Waals surface area contributed by atoms with E-state index in [0.717, 1.165) is 56.3 Å². The number of carbonyl (C=O) groups excluding carboxylic acids is 12. The summed E-state index contributed by atoms with van der Waals surface area (Å²) in [5.74, 6) is -9.19. The standard InChI is InChI=1S/C74H129ClN12O14/c1-17-34-87-45-63(92)82(13)60(42-52-29-26-30-53(75)41-52)72(99)84(15)58(39-47(4)5)67(94)76-54(31-22-25-37-88)70(97)83(14)57(38-46(2)3)68(95)77-55(71(98)86-35-23-19-24-36-86)43-61(90)80(11)44-62(91)81(12)56(33-32-51-27-20-18-21-28-51)66(93)78-64(49(8)9)73(100)85(16)59(40-48(6)7)69(96)79-65(50(10)89)74(87)101/h46-60,64-65,88-89H,17-45H2,1-16H3,(H,76,94)(H,77,95)(H,78,93)(H,79,96)/t50-,52?,53?,54+,55+,56+,57+,58+,59+,60+,64+,65+/m1/s1. The van der Waals surface area contributed by atoms with Crippen LogP contribution in [0.25, 0.3) is 0 Å². The molecule has 576 valence electrons. The minimum atomic E-state index is -1.64. The molecule has 27 heteroatoms. The lowest BCUT2D eigenvalue weighted by atomic mass is 9.83. The lowest BCUT2D eigenvalue weighted by Crippen LogP contribution is -2.62. The van der Waals surface area contributed by atoms with Gasteiger partial charge in [-0.25, -0.2) is 0 Å². The van der Waals surface area contributed by atoms with E-state index in [1.807, 2.05) is 41.5 Å². The number of hydrogen-bond donors (Lipinski definition) is 6. The first kappa shape index (κ1) is 87.3. The van der Waals surface area contributed by atoms with Crippen molar-refractivity contribution in [3.05, 3.63) is 0 Å². The van der Waals surface area contributed by atoms with Crippen LogP contribution in [0.15, 0.2) is 0 Å². The molecule has 12 amide bonds. The number of hydrogen-bond acceptors (Lipinski definition) is 14. The Morgan fingerprint density at radius 1 is 0.505 bits per heavy atom. The van der Waals surface area contributed by atoms with E-state index in [9.17, 15) is 34.2 Å². The summed E-state index contributed by atoms with van der Waals surface area (Å²) in [6.45, 7) is 17.1. The second kappa shape index (κ2) is 42.6. The number of rotatable bonds is 20. The number of amides is 12. The molecule has 101 heavy (non-hydrogen) atoms. The summed E-state index contributed by atoms with van der Waals surface area (Å²) in [5.41, 5.74) is 0. The van der Waals surface area contributed by atoms with E-state index in [4.69, 9.17) is 11.6 Å². The van der Waals surface area contributed by atoms with E-state index in [1.165, 1.54) is 78.6 Å². The highest BCUT2D eigenvalue weighted by molar-refractivity contribution is 6.20. The Morgan fingerprint density at radius 3 is 1.53 bits per heavy atom. The van der Waals surface area contributed by atoms with Crippen LogP contribution in [0.1, 0.15) is 217 Å². The SMILES string of the molecule is CCCN1CC(=O)N(C)[C@@H](CC2CCCC(Cl)C2)C(=O)N(C)[C@@H](CC(C)C)C(=O)N[C@@H](CCCCO)C(=O)N(C)[C@@H](CC(C)C)C(=O)N[C@H](C(=O)N2CCCCC2)CC(=O)N(C)CC(=O)N(C)[C@@H](CCC2CCCCC2)C(=O)N[C@@H](C(C)C)C(=O)N(C)[C@@H](CC(C)C)C(=O)N[C@@H]([C@@H](C)O)C1=O. The van der Waals surface area contributed by atoms with E-state index in [0.29, 0.717) is 51.6 Å². The van der Waals surface area contributed by atoms with Crippen molar-refractivity contribution in [3.8, 4) is 0 Å². The summed E-state index contributed by atoms with van der Waals surface area (Å²) in [5, 5.41) is 32.7. The van der Waals surface area contributed by atoms with Gasteiger partial charge in [-0.05, 0) is 139 Å². The smallest absolute Gasteiger partial charge is 0.248 e. The number of unbranched alkanes of at least 4 members (excludes halogenated alkanes) is 1. The molecule has 26 nitrogen and oxygen atoms in total. The number of piperidine rings is 1. The summed E-state index contributed by atoms with van der Waals surface area (Å²) < 4.78 is 0. The van der Waals surface area contributed by atoms with E-state index in [-0.39, 0.29) is 99.5 Å². The maximum atomic E-state index is 15.5. The topological polar surface area (TPSA) is 319 Å². The summed E-state index contributed by atoms with van der Waals surface area (Å²) in [4.78, 5) is 190. The van der Waals surface area contributed by atoms with Crippen LogP contribution in [0, 0.1) is 35.5 Å². The summed E-state index contributed by atoms with van der Waals surface area (Å²) >= 11 is 6.77. The first-order chi connectivity index (χ1) is 47.5. The van der Waals surface area contributed by atoms with E-state index >= 15 is 33.6 Å². The molecule has 12 atom stereocenters. The quantitative estimate of drug-likeness (QED) is 0.0686. The van der Waals surface area contributed by atoms with Crippen LogP contribution in [0.2, 0.25) is 0 Å². The molecular weight excluding hydrogens is 1320 g/mol. The fourth-order valence-corrected chi connectivity index (χ4v) is 15.1. The molecule has 2 aliphatic heterocycles. The van der Waals surface area contributed by atoms with Crippen molar-refractivity contribution < 1.29 is 67.7 Å². The van der Waals surface area contributed by atoms with Gasteiger partial charge in [-0.2, -0.15) is 0 Å². The molecular formula is C74H129ClN12O14. The van der Waals surface area contributed by atoms with Gasteiger partial charge in [-0.15, -0.1) is 11.6 Å². The lowest BCUT2D eigenvalue weighted by molar-refractivity contribution is -0.152. The highest BCUT2D eigenvalue weighted by atomic mass is 35.5. The monoisotopic (exact) mass is 1440 g/mol. The third kappa shape index (κ3) is 26.5. The van der Waals surface area contributed by atoms with Crippen LogP contribution in [-0.2, 0) is 57.5 Å². The zero-order valence-corrected chi connectivity index (χ0v) is 64.8. The van der Waals surface area contributed by atoms with Crippen molar-refractivity contribution in [2.24, 2.45) is 35.5 Å². The lowest BCUT2D eigenvalue weighted by Gasteiger charge is -2.39. The van der Waals surface area contributed by atoms with Crippen LogP contribution in [0.3, 0.4) is 0 Å². The molecule has 6 N–H and O–H groups in total. The maximum absolute atomic E-state index is 15.5. The Labute approximate surface area is 607 Å². The van der Waals surface area contributed by atoms with Crippen molar-refractivity contribution in [1.82, 2.24) is 60.5 Å². The number of likely N-dealkylation sites (N-methyl/N-ethyl adjacent to an activating group) is 6. The molecule has 2 aliphatic carbocycles. The van der Waals surface area contributed by atoms with Crippen LogP contribution >= 0.6 is 11.6 Å². The highest BCUT2D eigenvalue weighted by Crippen LogP contribution is 2.33. The summed E-state index contributed by atoms with van der Waals surface area (Å²) in [6, 6.07) is -11.7. The van der Waals surface area contributed by atoms with E-state index < -0.39 is 157 Å². The van der Waals surface area contributed by atoms with Gasteiger partial charge in [0.25, 0.3) is 0 Å². The molecule has 4 fully saturated rings. The van der Waals surface area contributed by atoms with Crippen LogP contribution in [0.5, 0.6) is 0 Å². The molecule has 2 unspecified atom stereocenters. The van der Waals surface area contributed by atoms with Gasteiger partial charge in [0.15, 0.2) is 0 Å². The van der Waals surface area contributed by atoms with Crippen molar-refractivity contribution in [2.45, 2.75) is 283 Å². The summed E-state index contributed by atoms with van der Waals surface area (Å²) in [7, 11) is 8.63. The van der Waals surface area contributed by atoms with Crippen molar-refractivity contribution in [1.29, 1.82) is 0 Å². The first-order valence-corrected chi connectivity index (χ1v) is 38.3. The Hall–Kier alpha value is -6.15. The molecule has 2 saturated heterocycles. The molecule has 4 rings (SSSR count). The average molecular weight is 1450 g/mol. The molecule has 0 spiro atoms.